The lowest BCUT2D eigenvalue weighted by Crippen LogP contribution is -2.27. The van der Waals surface area contributed by atoms with Crippen molar-refractivity contribution < 1.29 is 14.5 Å². The average molecular weight is 344 g/mol. The Morgan fingerprint density at radius 3 is 2.52 bits per heavy atom. The van der Waals surface area contributed by atoms with Gasteiger partial charge in [-0.15, -0.1) is 0 Å². The number of hydrogen-bond acceptors (Lipinski definition) is 5. The Labute approximate surface area is 140 Å². The molecule has 0 fully saturated rings. The molecule has 0 unspecified atom stereocenters. The van der Waals surface area contributed by atoms with Crippen LogP contribution in [0.15, 0.2) is 12.1 Å². The van der Waals surface area contributed by atoms with Crippen LogP contribution >= 0.6 is 11.6 Å². The van der Waals surface area contributed by atoms with Gasteiger partial charge < -0.3 is 9.64 Å². The molecule has 0 spiro atoms. The van der Waals surface area contributed by atoms with E-state index in [1.54, 1.807) is 20.8 Å². The third-order valence-corrected chi connectivity index (χ3v) is 3.17. The molecule has 0 aliphatic carbocycles. The lowest BCUT2D eigenvalue weighted by atomic mass is 10.2. The number of amides is 1. The van der Waals surface area contributed by atoms with E-state index in [0.29, 0.717) is 5.69 Å². The Hall–Kier alpha value is -2.02. The fourth-order valence-corrected chi connectivity index (χ4v) is 2.27. The van der Waals surface area contributed by atoms with Gasteiger partial charge in [-0.1, -0.05) is 18.5 Å². The van der Waals surface area contributed by atoms with Crippen molar-refractivity contribution in [3.8, 4) is 0 Å². The van der Waals surface area contributed by atoms with E-state index in [1.165, 1.54) is 12.1 Å². The minimum Gasteiger partial charge on any atom is -0.444 e. The van der Waals surface area contributed by atoms with E-state index in [9.17, 15) is 14.9 Å². The van der Waals surface area contributed by atoms with Crippen LogP contribution in [0, 0.1) is 10.1 Å². The minimum atomic E-state index is -0.757. The normalized spacial score (nSPS) is 11.0. The van der Waals surface area contributed by atoms with E-state index >= 15 is 0 Å². The number of nitrogens with one attached hydrogen (secondary N) is 1. The quantitative estimate of drug-likeness (QED) is 0.631. The average Bonchev–Trinajstić information content (AvgIpc) is 2.38. The molecule has 0 aliphatic rings. The number of ether oxygens (including phenoxy) is 1. The zero-order valence-electron chi connectivity index (χ0n) is 14.0. The Morgan fingerprint density at radius 2 is 2.04 bits per heavy atom. The van der Waals surface area contributed by atoms with Crippen molar-refractivity contribution >= 4 is 34.8 Å². The van der Waals surface area contributed by atoms with E-state index in [-0.39, 0.29) is 16.4 Å². The molecular weight excluding hydrogens is 322 g/mol. The van der Waals surface area contributed by atoms with Crippen LogP contribution < -0.4 is 10.2 Å². The van der Waals surface area contributed by atoms with Gasteiger partial charge in [0.25, 0.3) is 5.69 Å². The summed E-state index contributed by atoms with van der Waals surface area (Å²) in [5.74, 6) is 0. The topological polar surface area (TPSA) is 84.7 Å². The highest BCUT2D eigenvalue weighted by atomic mass is 35.5. The van der Waals surface area contributed by atoms with Gasteiger partial charge in [0.05, 0.1) is 15.6 Å². The summed E-state index contributed by atoms with van der Waals surface area (Å²) in [5, 5.41) is 13.9. The highest BCUT2D eigenvalue weighted by molar-refractivity contribution is 6.33. The van der Waals surface area contributed by atoms with Gasteiger partial charge in [0, 0.05) is 19.7 Å². The first-order chi connectivity index (χ1) is 10.5. The maximum absolute atomic E-state index is 11.9. The Bertz CT molecular complexity index is 599. The van der Waals surface area contributed by atoms with Gasteiger partial charge in [-0.2, -0.15) is 0 Å². The maximum atomic E-state index is 11.9. The van der Waals surface area contributed by atoms with Gasteiger partial charge in [0.2, 0.25) is 0 Å². The number of carbonyl (C=O) groups excluding carboxylic acids is 1. The van der Waals surface area contributed by atoms with Gasteiger partial charge in [-0.25, -0.2) is 4.79 Å². The zero-order valence-corrected chi connectivity index (χ0v) is 14.7. The number of carbonyl (C=O) groups is 1. The number of halogens is 1. The maximum Gasteiger partial charge on any atom is 0.412 e. The van der Waals surface area contributed by atoms with Crippen LogP contribution in [0.5, 0.6) is 0 Å². The first kappa shape index (κ1) is 19.0. The Morgan fingerprint density at radius 1 is 1.43 bits per heavy atom. The zero-order chi connectivity index (χ0) is 17.8. The lowest BCUT2D eigenvalue weighted by Gasteiger charge is -2.22. The Balaban J connectivity index is 3.19. The van der Waals surface area contributed by atoms with Crippen LogP contribution in [0.3, 0.4) is 0 Å². The molecule has 0 radical (unpaired) electrons. The molecule has 0 bridgehead atoms. The summed E-state index contributed by atoms with van der Waals surface area (Å²) in [4.78, 5) is 24.4. The lowest BCUT2D eigenvalue weighted by molar-refractivity contribution is -0.383. The molecular formula is C15H22ClN3O4. The number of rotatable bonds is 5. The molecule has 7 nitrogen and oxygen atoms in total. The number of nitro groups is 1. The first-order valence-corrected chi connectivity index (χ1v) is 7.62. The highest BCUT2D eigenvalue weighted by Gasteiger charge is 2.23. The number of nitrogens with zero attached hydrogens (tertiary/aromatic N) is 2. The predicted molar refractivity (Wildman–Crippen MR) is 91.5 cm³/mol. The molecule has 0 aliphatic heterocycles. The van der Waals surface area contributed by atoms with Gasteiger partial charge >= 0.3 is 6.09 Å². The van der Waals surface area contributed by atoms with Crippen molar-refractivity contribution in [2.45, 2.75) is 39.7 Å². The number of anilines is 2. The summed E-state index contributed by atoms with van der Waals surface area (Å²) in [6.45, 7) is 7.87. The van der Waals surface area contributed by atoms with Crippen molar-refractivity contribution in [2.75, 3.05) is 23.8 Å². The standard InChI is InChI=1S/C15H22ClN3O4/c1-6-7-18(5)12-9-11(13(19(21)22)8-10(12)16)17-14(20)23-15(2,3)4/h8-9H,6-7H2,1-5H3,(H,17,20). The fourth-order valence-electron chi connectivity index (χ4n) is 1.96. The molecule has 1 amide bonds. The summed E-state index contributed by atoms with van der Waals surface area (Å²) in [7, 11) is 1.83. The van der Waals surface area contributed by atoms with Crippen molar-refractivity contribution in [1.82, 2.24) is 0 Å². The van der Waals surface area contributed by atoms with Crippen molar-refractivity contribution in [3.63, 3.8) is 0 Å². The summed E-state index contributed by atoms with van der Waals surface area (Å²) in [5.41, 5.74) is -0.334. The van der Waals surface area contributed by atoms with E-state index in [2.05, 4.69) is 5.32 Å². The number of benzene rings is 1. The molecule has 0 saturated carbocycles. The second-order valence-electron chi connectivity index (χ2n) is 6.13. The van der Waals surface area contributed by atoms with Crippen molar-refractivity contribution in [2.24, 2.45) is 0 Å². The third kappa shape index (κ3) is 5.59. The molecule has 0 atom stereocenters. The fraction of sp³-hybridized carbons (Fsp3) is 0.533. The molecule has 0 heterocycles. The van der Waals surface area contributed by atoms with Crippen LogP contribution in [0.1, 0.15) is 34.1 Å². The number of hydrogen-bond donors (Lipinski definition) is 1. The summed E-state index contributed by atoms with van der Waals surface area (Å²) in [6, 6.07) is 2.72. The Kier molecular flexibility index (Phi) is 6.20. The van der Waals surface area contributed by atoms with Crippen LogP contribution in [0.25, 0.3) is 0 Å². The van der Waals surface area contributed by atoms with Crippen LogP contribution in [-0.2, 0) is 4.74 Å². The van der Waals surface area contributed by atoms with Gasteiger partial charge in [-0.05, 0) is 33.3 Å². The number of nitro benzene ring substituents is 1. The summed E-state index contributed by atoms with van der Waals surface area (Å²) >= 11 is 6.13. The molecule has 1 aromatic carbocycles. The molecule has 0 aromatic heterocycles. The van der Waals surface area contributed by atoms with Crippen LogP contribution in [0.4, 0.5) is 21.9 Å². The summed E-state index contributed by atoms with van der Waals surface area (Å²) < 4.78 is 5.14. The molecule has 1 aromatic rings. The SMILES string of the molecule is CCCN(C)c1cc(NC(=O)OC(C)(C)C)c([N+](=O)[O-])cc1Cl. The van der Waals surface area contributed by atoms with E-state index in [1.807, 2.05) is 18.9 Å². The van der Waals surface area contributed by atoms with Gasteiger partial charge in [0.15, 0.2) is 0 Å². The van der Waals surface area contributed by atoms with Gasteiger partial charge in [-0.3, -0.25) is 15.4 Å². The predicted octanol–water partition coefficient (Wildman–Crippen LogP) is 4.44. The monoisotopic (exact) mass is 343 g/mol. The van der Waals surface area contributed by atoms with Crippen molar-refractivity contribution in [1.29, 1.82) is 0 Å². The molecule has 1 rings (SSSR count). The smallest absolute Gasteiger partial charge is 0.412 e. The van der Waals surface area contributed by atoms with E-state index in [4.69, 9.17) is 16.3 Å². The molecule has 23 heavy (non-hydrogen) atoms. The molecule has 0 saturated heterocycles. The largest absolute Gasteiger partial charge is 0.444 e. The van der Waals surface area contributed by atoms with Crippen LogP contribution in [0.2, 0.25) is 5.02 Å². The third-order valence-electron chi connectivity index (χ3n) is 2.87. The molecule has 1 N–H and O–H groups in total. The highest BCUT2D eigenvalue weighted by Crippen LogP contribution is 2.36. The summed E-state index contributed by atoms with van der Waals surface area (Å²) in [6.07, 6.45) is 0.130. The second-order valence-corrected chi connectivity index (χ2v) is 6.53. The molecule has 8 heteroatoms. The van der Waals surface area contributed by atoms with Crippen molar-refractivity contribution in [3.05, 3.63) is 27.3 Å². The second kappa shape index (κ2) is 7.50. The van der Waals surface area contributed by atoms with Gasteiger partial charge in [0.1, 0.15) is 11.3 Å². The minimum absolute atomic E-state index is 0.0478. The molecule has 128 valence electrons. The first-order valence-electron chi connectivity index (χ1n) is 7.24. The van der Waals surface area contributed by atoms with E-state index in [0.717, 1.165) is 13.0 Å². The van der Waals surface area contributed by atoms with Crippen LogP contribution in [-0.4, -0.2) is 30.2 Å². The van der Waals surface area contributed by atoms with E-state index < -0.39 is 16.6 Å².